The molecule has 0 spiro atoms. The number of halogens is 1. The Labute approximate surface area is 196 Å². The van der Waals surface area contributed by atoms with Crippen molar-refractivity contribution in [3.05, 3.63) is 46.5 Å². The van der Waals surface area contributed by atoms with Gasteiger partial charge in [0.25, 0.3) is 5.91 Å². The van der Waals surface area contributed by atoms with Gasteiger partial charge in [0.2, 0.25) is 5.75 Å². The van der Waals surface area contributed by atoms with Crippen molar-refractivity contribution >= 4 is 27.5 Å². The summed E-state index contributed by atoms with van der Waals surface area (Å²) >= 11 is 1.25. The number of benzene rings is 2. The van der Waals surface area contributed by atoms with Crippen LogP contribution in [-0.4, -0.2) is 43.5 Å². The number of ether oxygens (including phenoxy) is 4. The van der Waals surface area contributed by atoms with E-state index in [1.54, 1.807) is 18.2 Å². The van der Waals surface area contributed by atoms with E-state index < -0.39 is 5.91 Å². The average molecular weight is 477 g/mol. The summed E-state index contributed by atoms with van der Waals surface area (Å²) in [5.41, 5.74) is 1.11. The number of carbonyl (C=O) groups is 1. The Morgan fingerprint density at radius 1 is 0.970 bits per heavy atom. The first-order valence-electron chi connectivity index (χ1n) is 11.0. The second-order valence-electron chi connectivity index (χ2n) is 6.86. The van der Waals surface area contributed by atoms with E-state index in [1.165, 1.54) is 23.5 Å². The maximum absolute atomic E-state index is 13.8. The quantitative estimate of drug-likeness (QED) is 0.371. The second kappa shape index (κ2) is 11.8. The van der Waals surface area contributed by atoms with Crippen LogP contribution in [0.15, 0.2) is 35.3 Å². The van der Waals surface area contributed by atoms with Crippen LogP contribution in [0.2, 0.25) is 0 Å². The molecule has 0 bridgehead atoms. The molecule has 1 amide bonds. The minimum Gasteiger partial charge on any atom is -0.490 e. The van der Waals surface area contributed by atoms with Gasteiger partial charge in [-0.25, -0.2) is 4.39 Å². The highest BCUT2D eigenvalue weighted by Gasteiger charge is 2.19. The molecular weight excluding hydrogens is 447 g/mol. The Balaban J connectivity index is 2.09. The highest BCUT2D eigenvalue weighted by atomic mass is 32.1. The molecule has 0 saturated heterocycles. The fraction of sp³-hybridized carbons (Fsp3) is 0.417. The maximum atomic E-state index is 13.8. The van der Waals surface area contributed by atoms with E-state index in [0.717, 1.165) is 5.52 Å². The van der Waals surface area contributed by atoms with E-state index in [0.29, 0.717) is 71.9 Å². The normalized spacial score (nSPS) is 11.7. The number of thiazole rings is 1. The van der Waals surface area contributed by atoms with Crippen LogP contribution < -0.4 is 19.0 Å². The molecule has 0 aliphatic heterocycles. The standard InChI is InChI=1S/C24H29FN2O5S/c1-5-29-12-11-27-18-10-9-17(25)15-21(18)33-24(27)26-23(28)16-13-19(30-6-2)22(32-8-4)20(14-16)31-7-3/h9-10,13-15H,5-8,11-12H2,1-4H3. The van der Waals surface area contributed by atoms with Crippen molar-refractivity contribution in [3.8, 4) is 17.2 Å². The molecule has 3 aromatic rings. The Morgan fingerprint density at radius 2 is 1.64 bits per heavy atom. The first kappa shape index (κ1) is 24.7. The smallest absolute Gasteiger partial charge is 0.279 e. The summed E-state index contributed by atoms with van der Waals surface area (Å²) in [6, 6.07) is 7.75. The Kier molecular flexibility index (Phi) is 8.85. The molecular formula is C24H29FN2O5S. The molecule has 2 aromatic carbocycles. The molecule has 33 heavy (non-hydrogen) atoms. The molecule has 0 radical (unpaired) electrons. The second-order valence-corrected chi connectivity index (χ2v) is 7.87. The zero-order valence-electron chi connectivity index (χ0n) is 19.4. The zero-order valence-corrected chi connectivity index (χ0v) is 20.2. The number of amides is 1. The van der Waals surface area contributed by atoms with E-state index >= 15 is 0 Å². The number of carbonyl (C=O) groups excluding carboxylic acids is 1. The SMILES string of the molecule is CCOCCn1c(=NC(=O)c2cc(OCC)c(OCC)c(OCC)c2)sc2cc(F)ccc21. The van der Waals surface area contributed by atoms with Crippen LogP contribution in [0.4, 0.5) is 4.39 Å². The maximum Gasteiger partial charge on any atom is 0.279 e. The predicted molar refractivity (Wildman–Crippen MR) is 126 cm³/mol. The van der Waals surface area contributed by atoms with E-state index in [9.17, 15) is 9.18 Å². The van der Waals surface area contributed by atoms with Crippen LogP contribution in [0.5, 0.6) is 17.2 Å². The van der Waals surface area contributed by atoms with Gasteiger partial charge in [0.1, 0.15) is 5.82 Å². The number of nitrogens with zero attached hydrogens (tertiary/aromatic N) is 2. The summed E-state index contributed by atoms with van der Waals surface area (Å²) in [5, 5.41) is 0. The van der Waals surface area contributed by atoms with Crippen molar-refractivity contribution in [1.82, 2.24) is 4.57 Å². The van der Waals surface area contributed by atoms with Gasteiger partial charge in [-0.3, -0.25) is 4.79 Å². The summed E-state index contributed by atoms with van der Waals surface area (Å²) < 4.78 is 39.0. The molecule has 1 aromatic heterocycles. The highest BCUT2D eigenvalue weighted by Crippen LogP contribution is 2.39. The summed E-state index contributed by atoms with van der Waals surface area (Å²) in [5.74, 6) is 0.504. The summed E-state index contributed by atoms with van der Waals surface area (Å²) in [6.07, 6.45) is 0. The monoisotopic (exact) mass is 476 g/mol. The molecule has 0 atom stereocenters. The van der Waals surface area contributed by atoms with Crippen molar-refractivity contribution in [1.29, 1.82) is 0 Å². The third-order valence-electron chi connectivity index (χ3n) is 4.66. The molecule has 1 heterocycles. The minimum absolute atomic E-state index is 0.311. The van der Waals surface area contributed by atoms with Crippen molar-refractivity contribution in [2.45, 2.75) is 34.2 Å². The molecule has 0 aliphatic carbocycles. The van der Waals surface area contributed by atoms with Gasteiger partial charge in [-0.1, -0.05) is 11.3 Å². The molecule has 0 aliphatic rings. The van der Waals surface area contributed by atoms with Crippen LogP contribution in [0.1, 0.15) is 38.1 Å². The Hall–Kier alpha value is -2.91. The number of fused-ring (bicyclic) bond motifs is 1. The predicted octanol–water partition coefficient (Wildman–Crippen LogP) is 4.82. The van der Waals surface area contributed by atoms with Gasteiger partial charge in [-0.05, 0) is 58.0 Å². The Morgan fingerprint density at radius 3 is 2.24 bits per heavy atom. The van der Waals surface area contributed by atoms with Gasteiger partial charge in [-0.2, -0.15) is 4.99 Å². The number of hydrogen-bond acceptors (Lipinski definition) is 6. The molecule has 7 nitrogen and oxygen atoms in total. The largest absolute Gasteiger partial charge is 0.490 e. The summed E-state index contributed by atoms with van der Waals surface area (Å²) in [4.78, 5) is 18.0. The number of rotatable bonds is 11. The van der Waals surface area contributed by atoms with E-state index in [2.05, 4.69) is 4.99 Å². The zero-order chi connectivity index (χ0) is 23.8. The lowest BCUT2D eigenvalue weighted by atomic mass is 10.1. The van der Waals surface area contributed by atoms with E-state index in [-0.39, 0.29) is 5.82 Å². The first-order chi connectivity index (χ1) is 16.0. The van der Waals surface area contributed by atoms with E-state index in [4.69, 9.17) is 18.9 Å². The first-order valence-corrected chi connectivity index (χ1v) is 11.9. The van der Waals surface area contributed by atoms with Crippen LogP contribution in [0, 0.1) is 5.82 Å². The molecule has 178 valence electrons. The van der Waals surface area contributed by atoms with Crippen molar-refractivity contribution < 1.29 is 28.1 Å². The van der Waals surface area contributed by atoms with Gasteiger partial charge in [-0.15, -0.1) is 0 Å². The van der Waals surface area contributed by atoms with Crippen LogP contribution in [-0.2, 0) is 11.3 Å². The molecule has 9 heteroatoms. The summed E-state index contributed by atoms with van der Waals surface area (Å²) in [7, 11) is 0. The van der Waals surface area contributed by atoms with Gasteiger partial charge < -0.3 is 23.5 Å². The van der Waals surface area contributed by atoms with Crippen LogP contribution in [0.25, 0.3) is 10.2 Å². The van der Waals surface area contributed by atoms with Gasteiger partial charge >= 0.3 is 0 Å². The van der Waals surface area contributed by atoms with Gasteiger partial charge in [0.15, 0.2) is 16.3 Å². The van der Waals surface area contributed by atoms with Crippen LogP contribution >= 0.6 is 11.3 Å². The Bertz CT molecular complexity index is 1140. The minimum atomic E-state index is -0.461. The van der Waals surface area contributed by atoms with Crippen molar-refractivity contribution in [2.24, 2.45) is 4.99 Å². The van der Waals surface area contributed by atoms with Crippen molar-refractivity contribution in [3.63, 3.8) is 0 Å². The van der Waals surface area contributed by atoms with Gasteiger partial charge in [0.05, 0.1) is 36.6 Å². The van der Waals surface area contributed by atoms with E-state index in [1.807, 2.05) is 32.3 Å². The molecule has 0 fully saturated rings. The fourth-order valence-corrected chi connectivity index (χ4v) is 4.39. The van der Waals surface area contributed by atoms with Crippen LogP contribution in [0.3, 0.4) is 0 Å². The average Bonchev–Trinajstić information content (AvgIpc) is 3.12. The topological polar surface area (TPSA) is 71.3 Å². The highest BCUT2D eigenvalue weighted by molar-refractivity contribution is 7.16. The molecule has 0 N–H and O–H groups in total. The number of hydrogen-bond donors (Lipinski definition) is 0. The molecule has 0 saturated carbocycles. The lowest BCUT2D eigenvalue weighted by molar-refractivity contribution is 0.0995. The fourth-order valence-electron chi connectivity index (χ4n) is 3.31. The van der Waals surface area contributed by atoms with Gasteiger partial charge in [0, 0.05) is 18.7 Å². The molecule has 3 rings (SSSR count). The number of aromatic nitrogens is 1. The molecule has 0 unspecified atom stereocenters. The van der Waals surface area contributed by atoms with Crippen molar-refractivity contribution in [2.75, 3.05) is 33.0 Å². The third-order valence-corrected chi connectivity index (χ3v) is 5.70. The lowest BCUT2D eigenvalue weighted by Gasteiger charge is -2.16. The summed E-state index contributed by atoms with van der Waals surface area (Å²) in [6.45, 7) is 10.2. The third kappa shape index (κ3) is 5.91. The lowest BCUT2D eigenvalue weighted by Crippen LogP contribution is -2.19.